The van der Waals surface area contributed by atoms with E-state index in [1.807, 2.05) is 35.8 Å². The Labute approximate surface area is 122 Å². The number of hydrogen-bond acceptors (Lipinski definition) is 4. The van der Waals surface area contributed by atoms with E-state index in [1.54, 1.807) is 6.33 Å². The number of aromatic nitrogens is 3. The van der Waals surface area contributed by atoms with E-state index in [0.717, 1.165) is 11.5 Å². The fourth-order valence-electron chi connectivity index (χ4n) is 2.56. The number of hydrogen-bond donors (Lipinski definition) is 1. The summed E-state index contributed by atoms with van der Waals surface area (Å²) in [5.41, 5.74) is 1.60. The molecule has 21 heavy (non-hydrogen) atoms. The van der Waals surface area contributed by atoms with Crippen LogP contribution in [0.3, 0.4) is 0 Å². The third-order valence-corrected chi connectivity index (χ3v) is 3.73. The molecule has 1 aliphatic rings. The molecule has 0 spiro atoms. The lowest BCUT2D eigenvalue weighted by Crippen LogP contribution is -2.20. The molecular weight excluding hydrogens is 268 g/mol. The molecule has 2 aromatic rings. The predicted octanol–water partition coefficient (Wildman–Crippen LogP) is 1.88. The summed E-state index contributed by atoms with van der Waals surface area (Å²) in [4.78, 5) is 23.4. The van der Waals surface area contributed by atoms with Gasteiger partial charge in [-0.2, -0.15) is 0 Å². The Balaban J connectivity index is 1.76. The van der Waals surface area contributed by atoms with E-state index in [0.29, 0.717) is 24.9 Å². The minimum Gasteiger partial charge on any atom is -0.326 e. The second-order valence-electron chi connectivity index (χ2n) is 5.27. The van der Waals surface area contributed by atoms with Crippen LogP contribution in [-0.2, 0) is 9.59 Å². The lowest BCUT2D eigenvalue weighted by atomic mass is 10.1. The zero-order chi connectivity index (χ0) is 14.8. The van der Waals surface area contributed by atoms with Gasteiger partial charge in [-0.25, -0.2) is 0 Å². The SMILES string of the molecule is Cc1nncn1-c1cccc(NC(=O)C2CCC(=O)C2)c1. The van der Waals surface area contributed by atoms with Crippen molar-refractivity contribution in [3.8, 4) is 5.69 Å². The van der Waals surface area contributed by atoms with E-state index in [4.69, 9.17) is 0 Å². The third-order valence-electron chi connectivity index (χ3n) is 3.73. The summed E-state index contributed by atoms with van der Waals surface area (Å²) in [5.74, 6) is 0.667. The van der Waals surface area contributed by atoms with Crippen LogP contribution in [0.25, 0.3) is 5.69 Å². The van der Waals surface area contributed by atoms with Gasteiger partial charge in [-0.3, -0.25) is 14.2 Å². The zero-order valence-electron chi connectivity index (χ0n) is 11.7. The first-order chi connectivity index (χ1) is 10.1. The molecule has 0 aliphatic heterocycles. The van der Waals surface area contributed by atoms with Crippen molar-refractivity contribution < 1.29 is 9.59 Å². The van der Waals surface area contributed by atoms with E-state index in [-0.39, 0.29) is 17.6 Å². The molecular formula is C15H16N4O2. The average Bonchev–Trinajstić information content (AvgIpc) is 3.08. The van der Waals surface area contributed by atoms with Crippen LogP contribution >= 0.6 is 0 Å². The molecule has 1 aromatic carbocycles. The van der Waals surface area contributed by atoms with Gasteiger partial charge in [-0.1, -0.05) is 6.07 Å². The first-order valence-corrected chi connectivity index (χ1v) is 6.93. The average molecular weight is 284 g/mol. The number of anilines is 1. The number of carbonyl (C=O) groups is 2. The Kier molecular flexibility index (Phi) is 3.51. The fraction of sp³-hybridized carbons (Fsp3) is 0.333. The Hall–Kier alpha value is -2.50. The van der Waals surface area contributed by atoms with Crippen molar-refractivity contribution in [1.29, 1.82) is 0 Å². The van der Waals surface area contributed by atoms with E-state index in [1.165, 1.54) is 0 Å². The van der Waals surface area contributed by atoms with Crippen LogP contribution in [0.5, 0.6) is 0 Å². The van der Waals surface area contributed by atoms with Gasteiger partial charge in [0.25, 0.3) is 0 Å². The first kappa shape index (κ1) is 13.5. The minimum atomic E-state index is -0.196. The van der Waals surface area contributed by atoms with Crippen LogP contribution in [0.4, 0.5) is 5.69 Å². The highest BCUT2D eigenvalue weighted by molar-refractivity contribution is 5.97. The van der Waals surface area contributed by atoms with Gasteiger partial charge in [0.15, 0.2) is 0 Å². The molecule has 1 fully saturated rings. The summed E-state index contributed by atoms with van der Waals surface area (Å²) in [6, 6.07) is 7.48. The standard InChI is InChI=1S/C15H16N4O2/c1-10-18-16-9-19(10)13-4-2-3-12(8-13)17-15(21)11-5-6-14(20)7-11/h2-4,8-9,11H,5-7H2,1H3,(H,17,21). The largest absolute Gasteiger partial charge is 0.326 e. The molecule has 1 aromatic heterocycles. The molecule has 1 saturated carbocycles. The van der Waals surface area contributed by atoms with Crippen molar-refractivity contribution in [3.05, 3.63) is 36.4 Å². The topological polar surface area (TPSA) is 76.9 Å². The van der Waals surface area contributed by atoms with Crippen molar-refractivity contribution in [1.82, 2.24) is 14.8 Å². The molecule has 0 radical (unpaired) electrons. The van der Waals surface area contributed by atoms with Crippen molar-refractivity contribution in [2.24, 2.45) is 5.92 Å². The lowest BCUT2D eigenvalue weighted by Gasteiger charge is -2.11. The quantitative estimate of drug-likeness (QED) is 0.933. The van der Waals surface area contributed by atoms with Gasteiger partial charge in [0.2, 0.25) is 5.91 Å². The van der Waals surface area contributed by atoms with Gasteiger partial charge in [-0.05, 0) is 31.5 Å². The third kappa shape index (κ3) is 2.84. The molecule has 0 saturated heterocycles. The second-order valence-corrected chi connectivity index (χ2v) is 5.27. The fourth-order valence-corrected chi connectivity index (χ4v) is 2.56. The van der Waals surface area contributed by atoms with Crippen molar-refractivity contribution in [3.63, 3.8) is 0 Å². The Morgan fingerprint density at radius 2 is 2.29 bits per heavy atom. The highest BCUT2D eigenvalue weighted by atomic mass is 16.2. The van der Waals surface area contributed by atoms with Crippen molar-refractivity contribution >= 4 is 17.4 Å². The Morgan fingerprint density at radius 1 is 1.43 bits per heavy atom. The molecule has 108 valence electrons. The maximum Gasteiger partial charge on any atom is 0.227 e. The lowest BCUT2D eigenvalue weighted by molar-refractivity contribution is -0.122. The molecule has 3 rings (SSSR count). The molecule has 6 nitrogen and oxygen atoms in total. The number of ketones is 1. The number of aryl methyl sites for hydroxylation is 1. The highest BCUT2D eigenvalue weighted by Crippen LogP contribution is 2.24. The van der Waals surface area contributed by atoms with E-state index in [2.05, 4.69) is 15.5 Å². The van der Waals surface area contributed by atoms with Gasteiger partial charge in [0.1, 0.15) is 17.9 Å². The monoisotopic (exact) mass is 284 g/mol. The number of carbonyl (C=O) groups excluding carboxylic acids is 2. The molecule has 1 amide bonds. The first-order valence-electron chi connectivity index (χ1n) is 6.93. The van der Waals surface area contributed by atoms with E-state index < -0.39 is 0 Å². The summed E-state index contributed by atoms with van der Waals surface area (Å²) in [7, 11) is 0. The number of benzene rings is 1. The van der Waals surface area contributed by atoms with Gasteiger partial charge >= 0.3 is 0 Å². The van der Waals surface area contributed by atoms with Crippen molar-refractivity contribution in [2.75, 3.05) is 5.32 Å². The van der Waals surface area contributed by atoms with Crippen LogP contribution in [0.15, 0.2) is 30.6 Å². The molecule has 1 aliphatic carbocycles. The minimum absolute atomic E-state index is 0.0847. The number of rotatable bonds is 3. The highest BCUT2D eigenvalue weighted by Gasteiger charge is 2.28. The van der Waals surface area contributed by atoms with E-state index in [9.17, 15) is 9.59 Å². The van der Waals surface area contributed by atoms with Crippen LogP contribution in [0.2, 0.25) is 0 Å². The summed E-state index contributed by atoms with van der Waals surface area (Å²) in [6.07, 6.45) is 3.15. The summed E-state index contributed by atoms with van der Waals surface area (Å²) in [5, 5.41) is 10.7. The number of nitrogens with one attached hydrogen (secondary N) is 1. The number of amides is 1. The molecule has 0 bridgehead atoms. The molecule has 6 heteroatoms. The summed E-state index contributed by atoms with van der Waals surface area (Å²) < 4.78 is 1.84. The smallest absolute Gasteiger partial charge is 0.227 e. The van der Waals surface area contributed by atoms with Gasteiger partial charge in [-0.15, -0.1) is 10.2 Å². The second kappa shape index (κ2) is 5.47. The maximum absolute atomic E-state index is 12.1. The van der Waals surface area contributed by atoms with Crippen LogP contribution in [0.1, 0.15) is 25.1 Å². The predicted molar refractivity (Wildman–Crippen MR) is 77.1 cm³/mol. The molecule has 1 atom stereocenters. The number of Topliss-reactive ketones (excluding diaryl/α,β-unsaturated/α-hetero) is 1. The summed E-state index contributed by atoms with van der Waals surface area (Å²) >= 11 is 0. The van der Waals surface area contributed by atoms with Crippen LogP contribution in [0, 0.1) is 12.8 Å². The normalized spacial score (nSPS) is 18.0. The molecule has 1 N–H and O–H groups in total. The molecule has 1 heterocycles. The molecule has 1 unspecified atom stereocenters. The van der Waals surface area contributed by atoms with Crippen molar-refractivity contribution in [2.45, 2.75) is 26.2 Å². The van der Waals surface area contributed by atoms with Gasteiger partial charge < -0.3 is 5.32 Å². The Bertz CT molecular complexity index is 692. The maximum atomic E-state index is 12.1. The summed E-state index contributed by atoms with van der Waals surface area (Å²) in [6.45, 7) is 1.86. The number of nitrogens with zero attached hydrogens (tertiary/aromatic N) is 3. The van der Waals surface area contributed by atoms with Gasteiger partial charge in [0.05, 0.1) is 5.69 Å². The van der Waals surface area contributed by atoms with E-state index >= 15 is 0 Å². The Morgan fingerprint density at radius 3 is 2.95 bits per heavy atom. The van der Waals surface area contributed by atoms with Gasteiger partial charge in [0, 0.05) is 24.4 Å². The van der Waals surface area contributed by atoms with Crippen LogP contribution in [-0.4, -0.2) is 26.5 Å². The zero-order valence-corrected chi connectivity index (χ0v) is 11.7. The van der Waals surface area contributed by atoms with Crippen LogP contribution < -0.4 is 5.32 Å².